The third-order valence-electron chi connectivity index (χ3n) is 7.97. The molecule has 1 aromatic heterocycles. The number of nitrogens with one attached hydrogen (secondary N) is 3. The van der Waals surface area contributed by atoms with Gasteiger partial charge in [-0.3, -0.25) is 9.78 Å². The quantitative estimate of drug-likeness (QED) is 0.510. The van der Waals surface area contributed by atoms with E-state index in [0.29, 0.717) is 45.6 Å². The maximum Gasteiger partial charge on any atom is 0.416 e. The largest absolute Gasteiger partial charge is 0.418 e. The molecule has 0 radical (unpaired) electrons. The Bertz CT molecular complexity index is 1360. The summed E-state index contributed by atoms with van der Waals surface area (Å²) in [6.45, 7) is 4.20. The van der Waals surface area contributed by atoms with Crippen molar-refractivity contribution in [3.8, 4) is 0 Å². The van der Waals surface area contributed by atoms with Gasteiger partial charge in [0.1, 0.15) is 6.04 Å². The number of para-hydroxylation sites is 1. The average Bonchev–Trinajstić information content (AvgIpc) is 3.08. The summed E-state index contributed by atoms with van der Waals surface area (Å²) in [7, 11) is 2.02. The standard InChI is InChI=1S/C29H37N7O5/c1-33-14-16-34(17-15-33)26(37)25(19-21-5-4-11-30-29(40)41-18-10-21)32-27(38)35-12-8-23(9-13-35)36-20-22-6-2-3-7-24(22)31-28(36)39/h2-7,10-11,18,23,25H,8-9,12-17,19-20H2,1H3,(H,30,40)(H,31,39)(H,32,38). The number of likely N-dealkylation sites (tertiary alicyclic amines) is 1. The van der Waals surface area contributed by atoms with E-state index in [1.165, 1.54) is 12.5 Å². The smallest absolute Gasteiger partial charge is 0.416 e. The number of hydrogen-bond acceptors (Lipinski definition) is 6. The van der Waals surface area contributed by atoms with Crippen molar-refractivity contribution in [2.45, 2.75) is 37.9 Å². The van der Waals surface area contributed by atoms with Crippen LogP contribution in [0.5, 0.6) is 0 Å². The Balaban J connectivity index is 1.25. The van der Waals surface area contributed by atoms with Crippen molar-refractivity contribution < 1.29 is 18.8 Å². The minimum Gasteiger partial charge on any atom is -0.418 e. The van der Waals surface area contributed by atoms with Crippen LogP contribution < -0.4 is 16.4 Å². The number of carbonyl (C=O) groups is 3. The lowest BCUT2D eigenvalue weighted by atomic mass is 10.0. The normalized spacial score (nSPS) is 18.7. The van der Waals surface area contributed by atoms with Crippen molar-refractivity contribution in [3.05, 3.63) is 76.6 Å². The Kier molecular flexibility index (Phi) is 8.88. The zero-order chi connectivity index (χ0) is 28.8. The lowest BCUT2D eigenvalue weighted by Crippen LogP contribution is -2.58. The van der Waals surface area contributed by atoms with Crippen molar-refractivity contribution in [2.75, 3.05) is 51.6 Å². The number of aromatic nitrogens is 1. The Hall–Kier alpha value is -4.32. The molecule has 3 aliphatic heterocycles. The number of anilines is 1. The number of likely N-dealkylation sites (N-methyl/N-ethyl adjacent to an activating group) is 1. The van der Waals surface area contributed by atoms with Crippen LogP contribution in [0, 0.1) is 0 Å². The third-order valence-corrected chi connectivity index (χ3v) is 7.97. The molecule has 3 aliphatic rings. The van der Waals surface area contributed by atoms with Gasteiger partial charge in [0.2, 0.25) is 5.91 Å². The minimum absolute atomic E-state index is 0.0208. The van der Waals surface area contributed by atoms with Gasteiger partial charge in [-0.05, 0) is 49.2 Å². The van der Waals surface area contributed by atoms with Crippen LogP contribution in [0.1, 0.15) is 24.0 Å². The monoisotopic (exact) mass is 563 g/mol. The van der Waals surface area contributed by atoms with Gasteiger partial charge in [0.15, 0.2) is 0 Å². The topological polar surface area (TPSA) is 134 Å². The molecule has 2 aromatic rings. The van der Waals surface area contributed by atoms with Gasteiger partial charge < -0.3 is 34.7 Å². The van der Waals surface area contributed by atoms with Crippen LogP contribution >= 0.6 is 0 Å². The number of fused-ring (bicyclic) bond motifs is 1. The summed E-state index contributed by atoms with van der Waals surface area (Å²) in [4.78, 5) is 61.4. The molecule has 0 aliphatic carbocycles. The van der Waals surface area contributed by atoms with E-state index < -0.39 is 11.8 Å². The molecule has 0 bridgehead atoms. The van der Waals surface area contributed by atoms with Crippen LogP contribution in [0.2, 0.25) is 0 Å². The second-order valence-electron chi connectivity index (χ2n) is 10.7. The van der Waals surface area contributed by atoms with E-state index in [-0.39, 0.29) is 30.4 Å². The van der Waals surface area contributed by atoms with Crippen molar-refractivity contribution in [1.29, 1.82) is 0 Å². The number of hydrogen-bond donors (Lipinski definition) is 3. The number of carbonyl (C=O) groups excluding carboxylic acids is 3. The van der Waals surface area contributed by atoms with Crippen LogP contribution in [-0.2, 0) is 17.8 Å². The molecular formula is C29H37N7O5. The average molecular weight is 564 g/mol. The fourth-order valence-corrected chi connectivity index (χ4v) is 5.52. The Morgan fingerprint density at radius 1 is 0.976 bits per heavy atom. The molecule has 1 aromatic carbocycles. The highest BCUT2D eigenvalue weighted by atomic mass is 16.4. The molecular weight excluding hydrogens is 526 g/mol. The van der Waals surface area contributed by atoms with Gasteiger partial charge in [0, 0.05) is 70.2 Å². The predicted octanol–water partition coefficient (Wildman–Crippen LogP) is 2.00. The van der Waals surface area contributed by atoms with Crippen molar-refractivity contribution in [1.82, 2.24) is 29.9 Å². The highest BCUT2D eigenvalue weighted by Gasteiger charge is 2.34. The fraction of sp³-hybridized carbons (Fsp3) is 0.448. The maximum absolute atomic E-state index is 13.6. The Labute approximate surface area is 238 Å². The summed E-state index contributed by atoms with van der Waals surface area (Å²) >= 11 is 0. The van der Waals surface area contributed by atoms with Gasteiger partial charge in [-0.1, -0.05) is 24.3 Å². The van der Waals surface area contributed by atoms with Crippen LogP contribution in [0.4, 0.5) is 15.3 Å². The van der Waals surface area contributed by atoms with E-state index in [9.17, 15) is 19.2 Å². The molecule has 1 unspecified atom stereocenters. The summed E-state index contributed by atoms with van der Waals surface area (Å²) in [5, 5.41) is 5.96. The molecule has 5 amide bonds. The van der Waals surface area contributed by atoms with Crippen molar-refractivity contribution >= 4 is 23.7 Å². The molecule has 0 spiro atoms. The van der Waals surface area contributed by atoms with Gasteiger partial charge in [0.05, 0.1) is 6.26 Å². The molecule has 3 N–H and O–H groups in total. The van der Waals surface area contributed by atoms with Gasteiger partial charge in [0.25, 0.3) is 0 Å². The Morgan fingerprint density at radius 2 is 1.73 bits per heavy atom. The number of urea groups is 2. The first-order valence-electron chi connectivity index (χ1n) is 14.0. The maximum atomic E-state index is 13.6. The number of nitrogens with zero attached hydrogens (tertiary/aromatic N) is 4. The third kappa shape index (κ3) is 7.07. The van der Waals surface area contributed by atoms with E-state index in [2.05, 4.69) is 20.5 Å². The van der Waals surface area contributed by atoms with E-state index in [1.54, 1.807) is 28.0 Å². The second kappa shape index (κ2) is 12.9. The van der Waals surface area contributed by atoms with Crippen LogP contribution in [0.15, 0.2) is 64.1 Å². The molecule has 12 heteroatoms. The van der Waals surface area contributed by atoms with Crippen LogP contribution in [0.25, 0.3) is 0 Å². The molecule has 2 fully saturated rings. The summed E-state index contributed by atoms with van der Waals surface area (Å²) < 4.78 is 4.98. The first-order valence-corrected chi connectivity index (χ1v) is 14.0. The summed E-state index contributed by atoms with van der Waals surface area (Å²) in [6.07, 6.45) is 4.26. The summed E-state index contributed by atoms with van der Waals surface area (Å²) in [6, 6.07) is 11.7. The van der Waals surface area contributed by atoms with E-state index in [4.69, 9.17) is 4.42 Å². The van der Waals surface area contributed by atoms with Crippen LogP contribution in [-0.4, -0.2) is 101 Å². The lowest BCUT2D eigenvalue weighted by molar-refractivity contribution is -0.134. The number of H-pyrrole nitrogens is 1. The number of aromatic amines is 1. The molecule has 1 atom stereocenters. The van der Waals surface area contributed by atoms with E-state index in [1.807, 2.05) is 36.2 Å². The molecule has 41 heavy (non-hydrogen) atoms. The van der Waals surface area contributed by atoms with Crippen molar-refractivity contribution in [3.63, 3.8) is 0 Å². The van der Waals surface area contributed by atoms with Crippen LogP contribution in [0.3, 0.4) is 0 Å². The molecule has 0 saturated carbocycles. The number of rotatable bonds is 5. The fourth-order valence-electron chi connectivity index (χ4n) is 5.52. The summed E-state index contributed by atoms with van der Waals surface area (Å²) in [5.41, 5.74) is 2.64. The zero-order valence-electron chi connectivity index (χ0n) is 23.3. The Morgan fingerprint density at radius 3 is 2.51 bits per heavy atom. The van der Waals surface area contributed by atoms with Gasteiger partial charge in [-0.15, -0.1) is 0 Å². The number of benzene rings is 1. The van der Waals surface area contributed by atoms with Gasteiger partial charge >= 0.3 is 17.8 Å². The number of piperazine rings is 1. The highest BCUT2D eigenvalue weighted by molar-refractivity contribution is 5.92. The van der Waals surface area contributed by atoms with Crippen molar-refractivity contribution in [2.24, 2.45) is 0 Å². The lowest BCUT2D eigenvalue weighted by Gasteiger charge is -2.41. The first-order chi connectivity index (χ1) is 19.9. The highest BCUT2D eigenvalue weighted by Crippen LogP contribution is 2.27. The van der Waals surface area contributed by atoms with Gasteiger partial charge in [-0.25, -0.2) is 14.4 Å². The molecule has 218 valence electrons. The number of piperidine rings is 1. The predicted molar refractivity (Wildman–Crippen MR) is 153 cm³/mol. The molecule has 5 rings (SSSR count). The van der Waals surface area contributed by atoms with E-state index in [0.717, 1.165) is 29.9 Å². The first kappa shape index (κ1) is 28.2. The number of amides is 5. The SMILES string of the molecule is CN1CCN(C(=O)C(Cc2ccc[nH]c(=O)occ2)NC(=O)N2CCC(N3Cc4ccccc4NC3=O)CC2)CC1. The minimum atomic E-state index is -0.790. The van der Waals surface area contributed by atoms with Gasteiger partial charge in [-0.2, -0.15) is 0 Å². The van der Waals surface area contributed by atoms with E-state index >= 15 is 0 Å². The molecule has 12 nitrogen and oxygen atoms in total. The molecule has 4 heterocycles. The second-order valence-corrected chi connectivity index (χ2v) is 10.7. The molecule has 2 saturated heterocycles. The summed E-state index contributed by atoms with van der Waals surface area (Å²) in [5.74, 6) is -0.751. The zero-order valence-corrected chi connectivity index (χ0v) is 23.3.